The normalized spacial score (nSPS) is 18.7. The molecule has 5 atom stereocenters. The number of nitrogens with one attached hydrogen (secondary N) is 1. The van der Waals surface area contributed by atoms with Crippen molar-refractivity contribution in [3.8, 4) is 0 Å². The van der Waals surface area contributed by atoms with E-state index in [0.717, 1.165) is 32.1 Å². The fourth-order valence-electron chi connectivity index (χ4n) is 8.53. The van der Waals surface area contributed by atoms with Gasteiger partial charge in [0.25, 0.3) is 0 Å². The number of hydrogen-bond acceptors (Lipinski definition) is 9. The topological polar surface area (TPSA) is 207 Å². The van der Waals surface area contributed by atoms with Crippen molar-refractivity contribution in [3.05, 3.63) is 71.3 Å². The van der Waals surface area contributed by atoms with Crippen LogP contribution in [0.15, 0.2) is 54.6 Å². The fraction of sp³-hybridized carbons (Fsp3) is 0.565. The van der Waals surface area contributed by atoms with Crippen LogP contribution in [0.3, 0.4) is 0 Å². The molecule has 3 amide bonds. The molecule has 1 saturated heterocycles. The first kappa shape index (κ1) is 46.6. The van der Waals surface area contributed by atoms with E-state index in [2.05, 4.69) is 5.32 Å². The van der Waals surface area contributed by atoms with E-state index in [1.165, 1.54) is 0 Å². The van der Waals surface area contributed by atoms with Crippen LogP contribution in [-0.2, 0) is 55.9 Å². The Morgan fingerprint density at radius 2 is 1.54 bits per heavy atom. The molecule has 1 saturated carbocycles. The lowest BCUT2D eigenvalue weighted by molar-refractivity contribution is -0.146. The van der Waals surface area contributed by atoms with E-state index in [1.54, 1.807) is 59.5 Å². The number of nitrogens with zero attached hydrogens (tertiary/aromatic N) is 1. The number of likely N-dealkylation sites (tertiary alicyclic amines) is 1. The predicted octanol–water partition coefficient (Wildman–Crippen LogP) is 5.43. The second kappa shape index (κ2) is 21.8. The Morgan fingerprint density at radius 1 is 0.881 bits per heavy atom. The van der Waals surface area contributed by atoms with Gasteiger partial charge in [0.15, 0.2) is 11.6 Å². The second-order valence-corrected chi connectivity index (χ2v) is 17.2. The summed E-state index contributed by atoms with van der Waals surface area (Å²) in [4.78, 5) is 107. The molecule has 0 aromatic heterocycles. The van der Waals surface area contributed by atoms with Crippen LogP contribution in [0.2, 0.25) is 0 Å². The fourth-order valence-corrected chi connectivity index (χ4v) is 8.53. The SMILES string of the molecule is CCCC(CC(=O)[C@@H]1C[C@@H](OC(C)(C)C)CN1C(=O)[C@@H](CC(=O)Cc1cccc(CC(=O)O)c1)C1CCCCC1)C(=O)C(=O)CCC(=O)N[C@H](C(N)=O)c1ccccc1. The van der Waals surface area contributed by atoms with Crippen LogP contribution < -0.4 is 11.1 Å². The standard InChI is InChI=1S/C46H61N3O10/c1-5-13-33(43(56)38(51)20-21-40(53)48-42(44(47)57)32-18-10-7-11-19-32)25-39(52)37-27-35(59-46(2,3)4)28-49(37)45(58)36(31-16-8-6-9-17-31)26-34(50)23-29-14-12-15-30(22-29)24-41(54)55/h7,10-12,14-15,18-19,22,31,33,35-37,42H,5-6,8-9,13,16-17,20-21,23-28H2,1-4H3,(H2,47,57)(H,48,53)(H,54,55)/t33?,35-,36+,37+,42+/m1/s1. The zero-order valence-corrected chi connectivity index (χ0v) is 34.9. The van der Waals surface area contributed by atoms with Crippen molar-refractivity contribution >= 4 is 46.8 Å². The molecule has 0 radical (unpaired) electrons. The van der Waals surface area contributed by atoms with Crippen LogP contribution in [0, 0.1) is 17.8 Å². The minimum atomic E-state index is -1.11. The van der Waals surface area contributed by atoms with Crippen LogP contribution in [0.5, 0.6) is 0 Å². The van der Waals surface area contributed by atoms with Gasteiger partial charge in [0, 0.05) is 56.9 Å². The first-order valence-electron chi connectivity index (χ1n) is 21.0. The van der Waals surface area contributed by atoms with Crippen LogP contribution in [-0.4, -0.2) is 81.1 Å². The number of ketones is 4. The maximum absolute atomic E-state index is 14.8. The summed E-state index contributed by atoms with van der Waals surface area (Å²) in [6.45, 7) is 7.64. The third kappa shape index (κ3) is 14.3. The molecule has 1 aliphatic carbocycles. The number of carbonyl (C=O) groups is 8. The molecule has 4 N–H and O–H groups in total. The summed E-state index contributed by atoms with van der Waals surface area (Å²) >= 11 is 0. The molecule has 2 fully saturated rings. The van der Waals surface area contributed by atoms with Gasteiger partial charge in [-0.3, -0.25) is 38.4 Å². The molecule has 1 aliphatic heterocycles. The third-order valence-electron chi connectivity index (χ3n) is 11.2. The highest BCUT2D eigenvalue weighted by atomic mass is 16.5. The molecule has 2 aromatic rings. The number of aliphatic carboxylic acids is 1. The lowest BCUT2D eigenvalue weighted by atomic mass is 9.76. The molecule has 59 heavy (non-hydrogen) atoms. The zero-order chi connectivity index (χ0) is 43.3. The average Bonchev–Trinajstić information content (AvgIpc) is 3.60. The van der Waals surface area contributed by atoms with Crippen LogP contribution in [0.25, 0.3) is 0 Å². The summed E-state index contributed by atoms with van der Waals surface area (Å²) < 4.78 is 6.30. The van der Waals surface area contributed by atoms with E-state index in [0.29, 0.717) is 23.1 Å². The highest BCUT2D eigenvalue weighted by molar-refractivity contribution is 6.38. The molecule has 13 nitrogen and oxygen atoms in total. The van der Waals surface area contributed by atoms with Crippen LogP contribution in [0.4, 0.5) is 0 Å². The van der Waals surface area contributed by atoms with Gasteiger partial charge >= 0.3 is 5.97 Å². The zero-order valence-electron chi connectivity index (χ0n) is 34.9. The number of nitrogens with two attached hydrogens (primary N) is 1. The van der Waals surface area contributed by atoms with E-state index in [4.69, 9.17) is 10.5 Å². The molecule has 13 heteroatoms. The Hall–Kier alpha value is -5.04. The Kier molecular flexibility index (Phi) is 17.2. The van der Waals surface area contributed by atoms with E-state index in [1.807, 2.05) is 27.7 Å². The minimum Gasteiger partial charge on any atom is -0.481 e. The molecule has 2 aromatic carbocycles. The van der Waals surface area contributed by atoms with Crippen molar-refractivity contribution < 1.29 is 48.2 Å². The van der Waals surface area contributed by atoms with Crippen molar-refractivity contribution in [1.82, 2.24) is 10.2 Å². The molecule has 0 spiro atoms. The predicted molar refractivity (Wildman–Crippen MR) is 220 cm³/mol. The van der Waals surface area contributed by atoms with Crippen molar-refractivity contribution in [3.63, 3.8) is 0 Å². The number of primary amides is 1. The number of Topliss-reactive ketones (excluding diaryl/α,β-unsaturated/α-hetero) is 4. The monoisotopic (exact) mass is 815 g/mol. The van der Waals surface area contributed by atoms with Gasteiger partial charge in [-0.1, -0.05) is 87.2 Å². The van der Waals surface area contributed by atoms with Gasteiger partial charge in [0.05, 0.1) is 24.2 Å². The van der Waals surface area contributed by atoms with Gasteiger partial charge in [0.1, 0.15) is 11.8 Å². The molecule has 2 aliphatic rings. The van der Waals surface area contributed by atoms with Gasteiger partial charge < -0.3 is 25.8 Å². The molecule has 1 unspecified atom stereocenters. The van der Waals surface area contributed by atoms with Crippen molar-refractivity contribution in [2.45, 2.75) is 141 Å². The van der Waals surface area contributed by atoms with Gasteiger partial charge in [-0.05, 0) is 62.6 Å². The van der Waals surface area contributed by atoms with Gasteiger partial charge in [0.2, 0.25) is 23.5 Å². The third-order valence-corrected chi connectivity index (χ3v) is 11.2. The van der Waals surface area contributed by atoms with Crippen molar-refractivity contribution in [2.75, 3.05) is 6.54 Å². The van der Waals surface area contributed by atoms with Crippen LogP contribution in [0.1, 0.15) is 127 Å². The number of carboxylic acids is 1. The number of carbonyl (C=O) groups excluding carboxylic acids is 7. The maximum Gasteiger partial charge on any atom is 0.307 e. The summed E-state index contributed by atoms with van der Waals surface area (Å²) in [5, 5.41) is 11.8. The highest BCUT2D eigenvalue weighted by Gasteiger charge is 2.45. The van der Waals surface area contributed by atoms with E-state index in [9.17, 15) is 43.5 Å². The lowest BCUT2D eigenvalue weighted by Gasteiger charge is -2.34. The summed E-state index contributed by atoms with van der Waals surface area (Å²) in [5.41, 5.74) is 6.65. The largest absolute Gasteiger partial charge is 0.481 e. The van der Waals surface area contributed by atoms with Gasteiger partial charge in [-0.2, -0.15) is 0 Å². The number of amides is 3. The van der Waals surface area contributed by atoms with Crippen molar-refractivity contribution in [2.24, 2.45) is 23.5 Å². The molecule has 4 rings (SSSR count). The molecule has 1 heterocycles. The first-order valence-corrected chi connectivity index (χ1v) is 21.0. The second-order valence-electron chi connectivity index (χ2n) is 17.2. The summed E-state index contributed by atoms with van der Waals surface area (Å²) in [6.07, 6.45) is 3.68. The smallest absolute Gasteiger partial charge is 0.307 e. The molecule has 320 valence electrons. The Labute approximate surface area is 347 Å². The summed E-state index contributed by atoms with van der Waals surface area (Å²) in [5.74, 6) is -6.48. The first-order chi connectivity index (χ1) is 27.9. The molecular formula is C46H61N3O10. The van der Waals surface area contributed by atoms with E-state index >= 15 is 0 Å². The van der Waals surface area contributed by atoms with Gasteiger partial charge in [-0.25, -0.2) is 0 Å². The van der Waals surface area contributed by atoms with E-state index in [-0.39, 0.29) is 74.9 Å². The average molecular weight is 816 g/mol. The molecular weight excluding hydrogens is 755 g/mol. The quantitative estimate of drug-likeness (QED) is 0.128. The maximum atomic E-state index is 14.8. The van der Waals surface area contributed by atoms with Crippen LogP contribution >= 0.6 is 0 Å². The van der Waals surface area contributed by atoms with Gasteiger partial charge in [-0.15, -0.1) is 0 Å². The lowest BCUT2D eigenvalue weighted by Crippen LogP contribution is -2.47. The summed E-state index contributed by atoms with van der Waals surface area (Å²) in [6, 6.07) is 13.2. The highest BCUT2D eigenvalue weighted by Crippen LogP contribution is 2.37. The number of rotatable bonds is 22. The molecule has 0 bridgehead atoms. The number of carboxylic acid groups (broad SMARTS) is 1. The number of hydrogen-bond donors (Lipinski definition) is 3. The summed E-state index contributed by atoms with van der Waals surface area (Å²) in [7, 11) is 0. The number of benzene rings is 2. The Bertz CT molecular complexity index is 1830. The van der Waals surface area contributed by atoms with E-state index < -0.39 is 71.4 Å². The Balaban J connectivity index is 1.49. The van der Waals surface area contributed by atoms with Crippen molar-refractivity contribution in [1.29, 1.82) is 0 Å². The number of ether oxygens (including phenoxy) is 1. The Morgan fingerprint density at radius 3 is 2.15 bits per heavy atom. The minimum absolute atomic E-state index is 0.0283.